The Bertz CT molecular complexity index is 1550. The van der Waals surface area contributed by atoms with Crippen molar-refractivity contribution in [1.29, 1.82) is 0 Å². The van der Waals surface area contributed by atoms with E-state index in [9.17, 15) is 27.6 Å². The minimum Gasteiger partial charge on any atom is -0.339 e. The third-order valence-electron chi connectivity index (χ3n) is 8.39. The van der Waals surface area contributed by atoms with Gasteiger partial charge in [-0.3, -0.25) is 19.5 Å². The molecule has 0 unspecified atom stereocenters. The van der Waals surface area contributed by atoms with Crippen LogP contribution in [0.2, 0.25) is 5.02 Å². The molecule has 4 heterocycles. The summed E-state index contributed by atoms with van der Waals surface area (Å²) < 4.78 is 40.6. The topological polar surface area (TPSA) is 139 Å². The Morgan fingerprint density at radius 2 is 1.73 bits per heavy atom. The van der Waals surface area contributed by atoms with Crippen LogP contribution in [0.5, 0.6) is 0 Å². The van der Waals surface area contributed by atoms with Crippen molar-refractivity contribution in [2.45, 2.75) is 44.2 Å². The highest BCUT2D eigenvalue weighted by atomic mass is 35.5. The molecule has 44 heavy (non-hydrogen) atoms. The molecular formula is C29H32ClF3N8O3. The summed E-state index contributed by atoms with van der Waals surface area (Å²) in [5.74, 6) is -0.763. The minimum atomic E-state index is -4.61. The van der Waals surface area contributed by atoms with Crippen LogP contribution in [-0.2, 0) is 17.4 Å². The molecule has 3 aromatic rings. The molecule has 3 fully saturated rings. The Morgan fingerprint density at radius 3 is 2.39 bits per heavy atom. The van der Waals surface area contributed by atoms with Gasteiger partial charge in [-0.2, -0.15) is 18.3 Å². The number of carbonyl (C=O) groups excluding carboxylic acids is 3. The average Bonchev–Trinajstić information content (AvgIpc) is 3.58. The second kappa shape index (κ2) is 12.2. The number of H-pyrrole nitrogens is 2. The molecule has 0 atom stereocenters. The van der Waals surface area contributed by atoms with E-state index in [4.69, 9.17) is 11.6 Å². The van der Waals surface area contributed by atoms with Crippen molar-refractivity contribution >= 4 is 35.0 Å². The van der Waals surface area contributed by atoms with Gasteiger partial charge >= 0.3 is 6.18 Å². The summed E-state index contributed by atoms with van der Waals surface area (Å²) in [7, 11) is 0. The Morgan fingerprint density at radius 1 is 1.02 bits per heavy atom. The first-order valence-electron chi connectivity index (χ1n) is 14.7. The SMILES string of the molecule is O=C(Nc1ccc(C(=O)N2CCN(C(=O)C3CCNCC3)CC2)c(Cl)c1)c1ncc(Cc2c(C(F)(F)F)n[nH]c2C2CC2)[nH]1. The highest BCUT2D eigenvalue weighted by Gasteiger charge is 2.40. The van der Waals surface area contributed by atoms with Crippen molar-refractivity contribution in [2.75, 3.05) is 44.6 Å². The van der Waals surface area contributed by atoms with Gasteiger partial charge in [0.25, 0.3) is 11.8 Å². The summed E-state index contributed by atoms with van der Waals surface area (Å²) in [6.07, 6.45) is -0.141. The van der Waals surface area contributed by atoms with Gasteiger partial charge in [0.15, 0.2) is 11.5 Å². The van der Waals surface area contributed by atoms with Gasteiger partial charge in [0.2, 0.25) is 5.91 Å². The Balaban J connectivity index is 1.06. The lowest BCUT2D eigenvalue weighted by molar-refractivity contribution is -0.141. The average molecular weight is 633 g/mol. The summed E-state index contributed by atoms with van der Waals surface area (Å²) in [6, 6.07) is 4.52. The number of amides is 3. The molecule has 15 heteroatoms. The van der Waals surface area contributed by atoms with Crippen LogP contribution < -0.4 is 10.6 Å². The molecule has 4 N–H and O–H groups in total. The van der Waals surface area contributed by atoms with Crippen LogP contribution >= 0.6 is 11.6 Å². The van der Waals surface area contributed by atoms with Crippen molar-refractivity contribution in [2.24, 2.45) is 5.92 Å². The normalized spacial score (nSPS) is 18.0. The molecular weight excluding hydrogens is 601 g/mol. The first-order valence-corrected chi connectivity index (χ1v) is 15.0. The van der Waals surface area contributed by atoms with E-state index in [1.54, 1.807) is 11.0 Å². The van der Waals surface area contributed by atoms with E-state index in [-0.39, 0.29) is 52.0 Å². The number of benzene rings is 1. The van der Waals surface area contributed by atoms with Gasteiger partial charge in [-0.25, -0.2) is 4.98 Å². The molecule has 234 valence electrons. The summed E-state index contributed by atoms with van der Waals surface area (Å²) in [6.45, 7) is 3.40. The van der Waals surface area contributed by atoms with Gasteiger partial charge in [0.05, 0.1) is 10.6 Å². The first-order chi connectivity index (χ1) is 21.1. The number of rotatable bonds is 7. The molecule has 1 saturated carbocycles. The monoisotopic (exact) mass is 632 g/mol. The number of piperazine rings is 1. The fourth-order valence-electron chi connectivity index (χ4n) is 5.84. The molecule has 11 nitrogen and oxygen atoms in total. The van der Waals surface area contributed by atoms with E-state index < -0.39 is 17.8 Å². The summed E-state index contributed by atoms with van der Waals surface area (Å²) in [4.78, 5) is 49.2. The third kappa shape index (κ3) is 6.46. The number of hydrogen-bond donors (Lipinski definition) is 4. The zero-order valence-corrected chi connectivity index (χ0v) is 24.5. The van der Waals surface area contributed by atoms with Crippen molar-refractivity contribution in [3.05, 3.63) is 63.5 Å². The summed E-state index contributed by atoms with van der Waals surface area (Å²) in [5.41, 5.74) is 0.483. The van der Waals surface area contributed by atoms with Crippen molar-refractivity contribution in [1.82, 2.24) is 35.3 Å². The van der Waals surface area contributed by atoms with Crippen LogP contribution in [0.1, 0.15) is 75.2 Å². The summed E-state index contributed by atoms with van der Waals surface area (Å²) in [5, 5.41) is 12.1. The molecule has 1 aliphatic carbocycles. The van der Waals surface area contributed by atoms with Gasteiger partial charge in [-0.15, -0.1) is 0 Å². The Kier molecular flexibility index (Phi) is 8.38. The van der Waals surface area contributed by atoms with E-state index in [1.165, 1.54) is 18.3 Å². The standard InChI is InChI=1S/C29H32ClF3N8O3/c30-22-14-18(3-4-20(22)28(44)41-11-9-40(10-12-41)27(43)17-5-7-34-8-6-17)37-26(42)25-35-15-19(36-25)13-21-23(16-1-2-16)38-39-24(21)29(31,32)33/h3-4,14-17,34H,1-2,5-13H2,(H,35,36)(H,37,42)(H,38,39). The van der Waals surface area contributed by atoms with Crippen molar-refractivity contribution < 1.29 is 27.6 Å². The predicted molar refractivity (Wildman–Crippen MR) is 154 cm³/mol. The lowest BCUT2D eigenvalue weighted by atomic mass is 9.96. The quantitative estimate of drug-likeness (QED) is 0.313. The fraction of sp³-hybridized carbons (Fsp3) is 0.483. The maximum atomic E-state index is 13.5. The minimum absolute atomic E-state index is 0.0249. The lowest BCUT2D eigenvalue weighted by Crippen LogP contribution is -2.52. The fourth-order valence-corrected chi connectivity index (χ4v) is 6.10. The number of carbonyl (C=O) groups is 3. The van der Waals surface area contributed by atoms with E-state index >= 15 is 0 Å². The summed E-state index contributed by atoms with van der Waals surface area (Å²) >= 11 is 6.44. The number of piperidine rings is 1. The number of halogens is 4. The maximum absolute atomic E-state index is 13.5. The third-order valence-corrected chi connectivity index (χ3v) is 8.70. The van der Waals surface area contributed by atoms with E-state index in [1.807, 2.05) is 4.90 Å². The van der Waals surface area contributed by atoms with Crippen molar-refractivity contribution in [3.8, 4) is 0 Å². The van der Waals surface area contributed by atoms with E-state index in [2.05, 4.69) is 30.8 Å². The first kappa shape index (κ1) is 30.1. The largest absolute Gasteiger partial charge is 0.435 e. The molecule has 0 radical (unpaired) electrons. The van der Waals surface area contributed by atoms with Crippen LogP contribution in [0.25, 0.3) is 0 Å². The lowest BCUT2D eigenvalue weighted by Gasteiger charge is -2.37. The van der Waals surface area contributed by atoms with Gasteiger partial charge in [0.1, 0.15) is 0 Å². The molecule has 2 saturated heterocycles. The Labute approximate surface area is 255 Å². The molecule has 3 amide bonds. The van der Waals surface area contributed by atoms with Gasteiger partial charge < -0.3 is 25.4 Å². The number of imidazole rings is 1. The van der Waals surface area contributed by atoms with Crippen LogP contribution in [0.15, 0.2) is 24.4 Å². The number of nitrogens with zero attached hydrogens (tertiary/aromatic N) is 4. The van der Waals surface area contributed by atoms with Crippen LogP contribution in [0.4, 0.5) is 18.9 Å². The maximum Gasteiger partial charge on any atom is 0.435 e. The second-order valence-corrected chi connectivity index (χ2v) is 11.9. The van der Waals surface area contributed by atoms with Crippen LogP contribution in [0, 0.1) is 5.92 Å². The molecule has 2 aliphatic heterocycles. The second-order valence-electron chi connectivity index (χ2n) is 11.5. The number of aromatic amines is 2. The number of nitrogens with one attached hydrogen (secondary N) is 4. The zero-order valence-electron chi connectivity index (χ0n) is 23.8. The van der Waals surface area contributed by atoms with Crippen molar-refractivity contribution in [3.63, 3.8) is 0 Å². The predicted octanol–water partition coefficient (Wildman–Crippen LogP) is 3.81. The smallest absolute Gasteiger partial charge is 0.339 e. The van der Waals surface area contributed by atoms with E-state index in [0.29, 0.717) is 43.3 Å². The van der Waals surface area contributed by atoms with Gasteiger partial charge in [-0.1, -0.05) is 11.6 Å². The Hall–Kier alpha value is -3.91. The molecule has 0 bridgehead atoms. The number of anilines is 1. The molecule has 0 spiro atoms. The molecule has 1 aromatic carbocycles. The highest BCUT2D eigenvalue weighted by Crippen LogP contribution is 2.44. The molecule has 3 aliphatic rings. The molecule has 6 rings (SSSR count). The van der Waals surface area contributed by atoms with Crippen LogP contribution in [0.3, 0.4) is 0 Å². The van der Waals surface area contributed by atoms with Crippen LogP contribution in [-0.4, -0.2) is 87.0 Å². The number of alkyl halides is 3. The number of aromatic nitrogens is 4. The highest BCUT2D eigenvalue weighted by molar-refractivity contribution is 6.34. The zero-order chi connectivity index (χ0) is 31.0. The molecule has 2 aromatic heterocycles. The van der Waals surface area contributed by atoms with E-state index in [0.717, 1.165) is 38.8 Å². The van der Waals surface area contributed by atoms with Gasteiger partial charge in [-0.05, 0) is 57.0 Å². The number of hydrogen-bond acceptors (Lipinski definition) is 6. The van der Waals surface area contributed by atoms with Gasteiger partial charge in [0, 0.05) is 73.3 Å².